The lowest BCUT2D eigenvalue weighted by atomic mass is 10.0. The predicted octanol–water partition coefficient (Wildman–Crippen LogP) is 2.31. The smallest absolute Gasteiger partial charge is 0.138 e. The minimum Gasteiger partial charge on any atom is -0.466 e. The van der Waals surface area contributed by atoms with E-state index in [-0.39, 0.29) is 6.04 Å². The molecule has 0 aromatic carbocycles. The zero-order chi connectivity index (χ0) is 13.3. The summed E-state index contributed by atoms with van der Waals surface area (Å²) in [7, 11) is 0. The van der Waals surface area contributed by atoms with E-state index in [2.05, 4.69) is 23.9 Å². The number of hydrogen-bond acceptors (Lipinski definition) is 4. The molecule has 5 heteroatoms. The lowest BCUT2D eigenvalue weighted by Crippen LogP contribution is -2.18. The summed E-state index contributed by atoms with van der Waals surface area (Å²) < 4.78 is 7.41. The molecule has 2 aromatic heterocycles. The van der Waals surface area contributed by atoms with Crippen molar-refractivity contribution in [3.8, 4) is 0 Å². The van der Waals surface area contributed by atoms with Crippen LogP contribution in [0.3, 0.4) is 0 Å². The molecular weight excluding hydrogens is 228 g/mol. The molecule has 2 rings (SSSR count). The first-order valence-corrected chi connectivity index (χ1v) is 6.20. The van der Waals surface area contributed by atoms with Gasteiger partial charge in [-0.05, 0) is 33.8 Å². The van der Waals surface area contributed by atoms with Crippen LogP contribution in [0.4, 0.5) is 0 Å². The first-order chi connectivity index (χ1) is 8.49. The number of aryl methyl sites for hydroxylation is 2. The number of rotatable bonds is 4. The van der Waals surface area contributed by atoms with E-state index in [1.165, 1.54) is 0 Å². The van der Waals surface area contributed by atoms with Crippen molar-refractivity contribution < 1.29 is 4.42 Å². The molecule has 0 aliphatic rings. The lowest BCUT2D eigenvalue weighted by Gasteiger charge is -2.13. The fourth-order valence-corrected chi connectivity index (χ4v) is 2.18. The van der Waals surface area contributed by atoms with Gasteiger partial charge in [0.05, 0.1) is 0 Å². The molecule has 0 spiro atoms. The number of aromatic nitrogens is 3. The summed E-state index contributed by atoms with van der Waals surface area (Å²) in [4.78, 5) is 4.28. The van der Waals surface area contributed by atoms with Crippen molar-refractivity contribution in [3.63, 3.8) is 0 Å². The van der Waals surface area contributed by atoms with E-state index in [1.54, 1.807) is 6.33 Å². The van der Waals surface area contributed by atoms with Crippen LogP contribution in [0.1, 0.15) is 48.8 Å². The van der Waals surface area contributed by atoms with Gasteiger partial charge in [0.15, 0.2) is 0 Å². The Hall–Kier alpha value is -1.62. The number of nitrogens with zero attached hydrogens (tertiary/aromatic N) is 3. The maximum atomic E-state index is 6.23. The maximum absolute atomic E-state index is 6.23. The highest BCUT2D eigenvalue weighted by Crippen LogP contribution is 2.22. The van der Waals surface area contributed by atoms with Gasteiger partial charge in [0.2, 0.25) is 0 Å². The summed E-state index contributed by atoms with van der Waals surface area (Å²) in [6.07, 6.45) is 2.24. The largest absolute Gasteiger partial charge is 0.466 e. The number of hydrogen-bond donors (Lipinski definition) is 1. The zero-order valence-electron chi connectivity index (χ0n) is 11.3. The quantitative estimate of drug-likeness (QED) is 0.901. The molecule has 2 aromatic rings. The Labute approximate surface area is 107 Å². The summed E-state index contributed by atoms with van der Waals surface area (Å²) in [5.74, 6) is 2.69. The standard InChI is InChI=1S/C13H20N4O/c1-8(2)17-13(15-7-16-17)6-12(14)11-5-9(3)18-10(11)4/h5,7-8,12H,6,14H2,1-4H3. The van der Waals surface area contributed by atoms with E-state index >= 15 is 0 Å². The minimum atomic E-state index is -0.107. The summed E-state index contributed by atoms with van der Waals surface area (Å²) in [5.41, 5.74) is 7.28. The van der Waals surface area contributed by atoms with Crippen molar-refractivity contribution in [2.24, 2.45) is 5.73 Å². The highest BCUT2D eigenvalue weighted by atomic mass is 16.3. The SMILES string of the molecule is Cc1cc(C(N)Cc2ncnn2C(C)C)c(C)o1. The monoisotopic (exact) mass is 248 g/mol. The fraction of sp³-hybridized carbons (Fsp3) is 0.538. The third-order valence-corrected chi connectivity index (χ3v) is 3.02. The van der Waals surface area contributed by atoms with Gasteiger partial charge in [0.25, 0.3) is 0 Å². The molecule has 5 nitrogen and oxygen atoms in total. The second kappa shape index (κ2) is 4.94. The Balaban J connectivity index is 2.18. The Morgan fingerprint density at radius 1 is 1.39 bits per heavy atom. The van der Waals surface area contributed by atoms with Gasteiger partial charge in [-0.1, -0.05) is 0 Å². The maximum Gasteiger partial charge on any atom is 0.138 e. The molecule has 1 atom stereocenters. The first kappa shape index (κ1) is 12.8. The van der Waals surface area contributed by atoms with Gasteiger partial charge in [-0.25, -0.2) is 9.67 Å². The second-order valence-corrected chi connectivity index (χ2v) is 4.89. The Kier molecular flexibility index (Phi) is 3.52. The van der Waals surface area contributed by atoms with E-state index in [0.717, 1.165) is 22.9 Å². The lowest BCUT2D eigenvalue weighted by molar-refractivity contribution is 0.483. The summed E-state index contributed by atoms with van der Waals surface area (Å²) in [5, 5.41) is 4.22. The third-order valence-electron chi connectivity index (χ3n) is 3.02. The summed E-state index contributed by atoms with van der Waals surface area (Å²) in [6, 6.07) is 2.18. The molecular formula is C13H20N4O. The van der Waals surface area contributed by atoms with Crippen LogP contribution in [0, 0.1) is 13.8 Å². The molecule has 0 saturated heterocycles. The average molecular weight is 248 g/mol. The van der Waals surface area contributed by atoms with Gasteiger partial charge in [-0.3, -0.25) is 0 Å². The number of furan rings is 1. The Bertz CT molecular complexity index is 527. The fourth-order valence-electron chi connectivity index (χ4n) is 2.18. The molecule has 18 heavy (non-hydrogen) atoms. The van der Waals surface area contributed by atoms with Gasteiger partial charge in [0, 0.05) is 24.1 Å². The van der Waals surface area contributed by atoms with Crippen molar-refractivity contribution in [1.82, 2.24) is 14.8 Å². The van der Waals surface area contributed by atoms with Gasteiger partial charge in [-0.2, -0.15) is 5.10 Å². The molecule has 0 amide bonds. The normalized spacial score (nSPS) is 13.2. The molecule has 0 saturated carbocycles. The van der Waals surface area contributed by atoms with Crippen LogP contribution in [-0.2, 0) is 6.42 Å². The van der Waals surface area contributed by atoms with Crippen LogP contribution in [0.2, 0.25) is 0 Å². The van der Waals surface area contributed by atoms with Crippen LogP contribution in [0.25, 0.3) is 0 Å². The van der Waals surface area contributed by atoms with E-state index in [0.29, 0.717) is 12.5 Å². The van der Waals surface area contributed by atoms with Crippen molar-refractivity contribution in [2.75, 3.05) is 0 Å². The highest BCUT2D eigenvalue weighted by Gasteiger charge is 2.17. The molecule has 98 valence electrons. The van der Waals surface area contributed by atoms with E-state index in [9.17, 15) is 0 Å². The van der Waals surface area contributed by atoms with Crippen molar-refractivity contribution in [2.45, 2.75) is 46.2 Å². The molecule has 0 bridgehead atoms. The van der Waals surface area contributed by atoms with Gasteiger partial charge >= 0.3 is 0 Å². The second-order valence-electron chi connectivity index (χ2n) is 4.89. The number of nitrogens with two attached hydrogens (primary N) is 1. The third kappa shape index (κ3) is 2.46. The predicted molar refractivity (Wildman–Crippen MR) is 69.2 cm³/mol. The topological polar surface area (TPSA) is 69.9 Å². The van der Waals surface area contributed by atoms with E-state index in [1.807, 2.05) is 24.6 Å². The average Bonchev–Trinajstić information content (AvgIpc) is 2.85. The van der Waals surface area contributed by atoms with Crippen molar-refractivity contribution in [1.29, 1.82) is 0 Å². The van der Waals surface area contributed by atoms with Crippen LogP contribution >= 0.6 is 0 Å². The van der Waals surface area contributed by atoms with Gasteiger partial charge in [-0.15, -0.1) is 0 Å². The van der Waals surface area contributed by atoms with Crippen molar-refractivity contribution >= 4 is 0 Å². The molecule has 2 heterocycles. The van der Waals surface area contributed by atoms with E-state index < -0.39 is 0 Å². The molecule has 0 fully saturated rings. The van der Waals surface area contributed by atoms with Crippen LogP contribution in [0.15, 0.2) is 16.8 Å². The molecule has 1 unspecified atom stereocenters. The van der Waals surface area contributed by atoms with E-state index in [4.69, 9.17) is 10.2 Å². The summed E-state index contributed by atoms with van der Waals surface area (Å²) in [6.45, 7) is 8.03. The Morgan fingerprint density at radius 3 is 2.67 bits per heavy atom. The Morgan fingerprint density at radius 2 is 2.11 bits per heavy atom. The molecule has 0 radical (unpaired) electrons. The zero-order valence-corrected chi connectivity index (χ0v) is 11.3. The van der Waals surface area contributed by atoms with Crippen LogP contribution in [0.5, 0.6) is 0 Å². The van der Waals surface area contributed by atoms with Crippen LogP contribution in [-0.4, -0.2) is 14.8 Å². The van der Waals surface area contributed by atoms with Gasteiger partial charge in [0.1, 0.15) is 23.7 Å². The van der Waals surface area contributed by atoms with Gasteiger partial charge < -0.3 is 10.2 Å². The molecule has 0 aliphatic carbocycles. The first-order valence-electron chi connectivity index (χ1n) is 6.20. The van der Waals surface area contributed by atoms with Crippen LogP contribution < -0.4 is 5.73 Å². The molecule has 2 N–H and O–H groups in total. The summed E-state index contributed by atoms with van der Waals surface area (Å²) >= 11 is 0. The van der Waals surface area contributed by atoms with Crippen molar-refractivity contribution in [3.05, 3.63) is 35.3 Å². The minimum absolute atomic E-state index is 0.107. The highest BCUT2D eigenvalue weighted by molar-refractivity contribution is 5.24. The molecule has 0 aliphatic heterocycles.